The first kappa shape index (κ1) is 18.9. The van der Waals surface area contributed by atoms with E-state index in [-0.39, 0.29) is 30.3 Å². The monoisotopic (exact) mass is 359 g/mol. The predicted molar refractivity (Wildman–Crippen MR) is 92.0 cm³/mol. The van der Waals surface area contributed by atoms with Crippen molar-refractivity contribution in [3.05, 3.63) is 69.8 Å². The standard InChI is InChI=1S/C17H17N3O6/c21-8-3-7-18-16(22)14(19-17(23)15-6-2-9-26-15)11-12-4-1-5-13(10-12)20(24)25/h1-2,4-6,9-11,21H,3,7-8H2,(H,18,22)(H,19,23)/b14-11-. The molecule has 0 unspecified atom stereocenters. The Bertz CT molecular complexity index is 814. The Morgan fingerprint density at radius 1 is 1.27 bits per heavy atom. The Kier molecular flexibility index (Phi) is 6.63. The lowest BCUT2D eigenvalue weighted by molar-refractivity contribution is -0.384. The summed E-state index contributed by atoms with van der Waals surface area (Å²) < 4.78 is 4.98. The summed E-state index contributed by atoms with van der Waals surface area (Å²) in [6.45, 7) is 0.112. The molecule has 2 aromatic rings. The molecule has 0 saturated carbocycles. The molecule has 9 heteroatoms. The van der Waals surface area contributed by atoms with E-state index in [1.807, 2.05) is 0 Å². The summed E-state index contributed by atoms with van der Waals surface area (Å²) in [4.78, 5) is 34.8. The van der Waals surface area contributed by atoms with Crippen LogP contribution in [0.25, 0.3) is 6.08 Å². The van der Waals surface area contributed by atoms with Crippen molar-refractivity contribution in [3.8, 4) is 0 Å². The highest BCUT2D eigenvalue weighted by Gasteiger charge is 2.16. The van der Waals surface area contributed by atoms with Crippen molar-refractivity contribution in [2.24, 2.45) is 0 Å². The van der Waals surface area contributed by atoms with Crippen LogP contribution in [0.15, 0.2) is 52.8 Å². The van der Waals surface area contributed by atoms with Gasteiger partial charge in [0, 0.05) is 25.3 Å². The summed E-state index contributed by atoms with van der Waals surface area (Å²) in [6.07, 6.45) is 2.99. The summed E-state index contributed by atoms with van der Waals surface area (Å²) >= 11 is 0. The molecule has 26 heavy (non-hydrogen) atoms. The van der Waals surface area contributed by atoms with E-state index in [1.54, 1.807) is 6.07 Å². The third-order valence-corrected chi connectivity index (χ3v) is 3.25. The first-order chi connectivity index (χ1) is 12.5. The lowest BCUT2D eigenvalue weighted by atomic mass is 10.1. The molecule has 136 valence electrons. The van der Waals surface area contributed by atoms with Crippen molar-refractivity contribution in [3.63, 3.8) is 0 Å². The lowest BCUT2D eigenvalue weighted by Crippen LogP contribution is -2.35. The fourth-order valence-corrected chi connectivity index (χ4v) is 2.02. The average Bonchev–Trinajstić information content (AvgIpc) is 3.16. The molecular weight excluding hydrogens is 342 g/mol. The molecule has 0 fully saturated rings. The average molecular weight is 359 g/mol. The van der Waals surface area contributed by atoms with Crippen LogP contribution in [0.3, 0.4) is 0 Å². The van der Waals surface area contributed by atoms with Crippen LogP contribution in [0.2, 0.25) is 0 Å². The molecule has 0 radical (unpaired) electrons. The number of carbonyl (C=O) groups excluding carboxylic acids is 2. The molecular formula is C17H17N3O6. The van der Waals surface area contributed by atoms with E-state index in [2.05, 4.69) is 10.6 Å². The third kappa shape index (κ3) is 5.28. The number of rotatable bonds is 8. The Hall–Kier alpha value is -3.46. The molecule has 0 bridgehead atoms. The van der Waals surface area contributed by atoms with Gasteiger partial charge in [0.1, 0.15) is 5.70 Å². The fraction of sp³-hybridized carbons (Fsp3) is 0.176. The number of aliphatic hydroxyl groups is 1. The van der Waals surface area contributed by atoms with Crippen LogP contribution in [0.4, 0.5) is 5.69 Å². The molecule has 0 spiro atoms. The van der Waals surface area contributed by atoms with Crippen molar-refractivity contribution in [2.75, 3.05) is 13.2 Å². The van der Waals surface area contributed by atoms with Crippen molar-refractivity contribution in [2.45, 2.75) is 6.42 Å². The van der Waals surface area contributed by atoms with Gasteiger partial charge in [-0.2, -0.15) is 0 Å². The largest absolute Gasteiger partial charge is 0.459 e. The molecule has 2 rings (SSSR count). The van der Waals surface area contributed by atoms with Crippen LogP contribution in [-0.2, 0) is 4.79 Å². The number of furan rings is 1. The maximum atomic E-state index is 12.3. The van der Waals surface area contributed by atoms with E-state index in [4.69, 9.17) is 9.52 Å². The Labute approximate surface area is 148 Å². The number of nitrogens with zero attached hydrogens (tertiary/aromatic N) is 1. The number of nitro groups is 1. The molecule has 0 aliphatic carbocycles. The lowest BCUT2D eigenvalue weighted by Gasteiger charge is -2.10. The number of non-ortho nitro benzene ring substituents is 1. The minimum absolute atomic E-state index is 0.0121. The van der Waals surface area contributed by atoms with E-state index in [0.717, 1.165) is 0 Å². The van der Waals surface area contributed by atoms with Gasteiger partial charge in [0.15, 0.2) is 5.76 Å². The summed E-state index contributed by atoms with van der Waals surface area (Å²) in [5.41, 5.74) is 0.118. The number of carbonyl (C=O) groups is 2. The van der Waals surface area contributed by atoms with Crippen LogP contribution < -0.4 is 10.6 Å². The van der Waals surface area contributed by atoms with Crippen molar-refractivity contribution >= 4 is 23.6 Å². The summed E-state index contributed by atoms with van der Waals surface area (Å²) in [5, 5.41) is 24.6. The maximum Gasteiger partial charge on any atom is 0.291 e. The highest BCUT2D eigenvalue weighted by Crippen LogP contribution is 2.15. The van der Waals surface area contributed by atoms with Crippen LogP contribution in [0.1, 0.15) is 22.5 Å². The first-order valence-corrected chi connectivity index (χ1v) is 7.71. The molecule has 0 aliphatic heterocycles. The minimum atomic E-state index is -0.635. The first-order valence-electron chi connectivity index (χ1n) is 7.71. The second-order valence-corrected chi connectivity index (χ2v) is 5.17. The van der Waals surface area contributed by atoms with E-state index in [1.165, 1.54) is 42.7 Å². The molecule has 0 saturated heterocycles. The van der Waals surface area contributed by atoms with Gasteiger partial charge in [-0.15, -0.1) is 0 Å². The predicted octanol–water partition coefficient (Wildman–Crippen LogP) is 1.46. The number of amides is 2. The highest BCUT2D eigenvalue weighted by molar-refractivity contribution is 6.04. The van der Waals surface area contributed by atoms with Gasteiger partial charge in [-0.1, -0.05) is 12.1 Å². The molecule has 2 amide bonds. The van der Waals surface area contributed by atoms with Crippen molar-refractivity contribution in [1.29, 1.82) is 0 Å². The Morgan fingerprint density at radius 2 is 2.08 bits per heavy atom. The molecule has 0 atom stereocenters. The van der Waals surface area contributed by atoms with Gasteiger partial charge in [-0.25, -0.2) is 0 Å². The number of hydrogen-bond donors (Lipinski definition) is 3. The number of hydrogen-bond acceptors (Lipinski definition) is 6. The van der Waals surface area contributed by atoms with E-state index < -0.39 is 16.7 Å². The highest BCUT2D eigenvalue weighted by atomic mass is 16.6. The second-order valence-electron chi connectivity index (χ2n) is 5.17. The van der Waals surface area contributed by atoms with Gasteiger partial charge in [0.05, 0.1) is 11.2 Å². The van der Waals surface area contributed by atoms with Crippen molar-refractivity contribution < 1.29 is 24.0 Å². The molecule has 3 N–H and O–H groups in total. The Balaban J connectivity index is 2.26. The van der Waals surface area contributed by atoms with Crippen LogP contribution in [-0.4, -0.2) is 35.0 Å². The molecule has 1 aromatic heterocycles. The molecule has 9 nitrogen and oxygen atoms in total. The zero-order chi connectivity index (χ0) is 18.9. The van der Waals surface area contributed by atoms with Gasteiger partial charge in [-0.05, 0) is 30.2 Å². The number of benzene rings is 1. The molecule has 0 aliphatic rings. The zero-order valence-electron chi connectivity index (χ0n) is 13.7. The van der Waals surface area contributed by atoms with E-state index >= 15 is 0 Å². The van der Waals surface area contributed by atoms with Crippen LogP contribution in [0, 0.1) is 10.1 Å². The minimum Gasteiger partial charge on any atom is -0.459 e. The Morgan fingerprint density at radius 3 is 2.73 bits per heavy atom. The van der Waals surface area contributed by atoms with Crippen LogP contribution in [0.5, 0.6) is 0 Å². The van der Waals surface area contributed by atoms with Gasteiger partial charge in [0.2, 0.25) is 0 Å². The smallest absolute Gasteiger partial charge is 0.291 e. The quantitative estimate of drug-likeness (QED) is 0.283. The molecule has 1 aromatic carbocycles. The van der Waals surface area contributed by atoms with E-state index in [0.29, 0.717) is 12.0 Å². The summed E-state index contributed by atoms with van der Waals surface area (Å²) in [5.74, 6) is -1.22. The van der Waals surface area contributed by atoms with Crippen LogP contribution >= 0.6 is 0 Å². The van der Waals surface area contributed by atoms with Gasteiger partial charge < -0.3 is 20.2 Å². The summed E-state index contributed by atoms with van der Waals surface area (Å²) in [7, 11) is 0. The number of nitro benzene ring substituents is 1. The van der Waals surface area contributed by atoms with E-state index in [9.17, 15) is 19.7 Å². The van der Waals surface area contributed by atoms with Crippen molar-refractivity contribution in [1.82, 2.24) is 10.6 Å². The maximum absolute atomic E-state index is 12.3. The van der Waals surface area contributed by atoms with Gasteiger partial charge >= 0.3 is 0 Å². The van der Waals surface area contributed by atoms with Gasteiger partial charge in [-0.3, -0.25) is 19.7 Å². The SMILES string of the molecule is O=C(NCCCO)/C(=C/c1cccc([N+](=O)[O-])c1)NC(=O)c1ccco1. The second kappa shape index (κ2) is 9.14. The number of nitrogens with one attached hydrogen (secondary N) is 2. The summed E-state index contributed by atoms with van der Waals surface area (Å²) in [6, 6.07) is 8.59. The normalized spacial score (nSPS) is 11.0. The fourth-order valence-electron chi connectivity index (χ4n) is 2.02. The molecule has 1 heterocycles. The van der Waals surface area contributed by atoms with Gasteiger partial charge in [0.25, 0.3) is 17.5 Å². The zero-order valence-corrected chi connectivity index (χ0v) is 13.7. The topological polar surface area (TPSA) is 135 Å². The third-order valence-electron chi connectivity index (χ3n) is 3.25. The number of aliphatic hydroxyl groups excluding tert-OH is 1.